The third kappa shape index (κ3) is 4.39. The summed E-state index contributed by atoms with van der Waals surface area (Å²) < 4.78 is 10.5. The normalized spacial score (nSPS) is 15.5. The van der Waals surface area contributed by atoms with Crippen LogP contribution in [0.4, 0.5) is 5.69 Å². The van der Waals surface area contributed by atoms with Crippen LogP contribution in [0.25, 0.3) is 0 Å². The first-order chi connectivity index (χ1) is 13.6. The first-order valence-corrected chi connectivity index (χ1v) is 9.39. The highest BCUT2D eigenvalue weighted by Crippen LogP contribution is 2.32. The fourth-order valence-electron chi connectivity index (χ4n) is 3.28. The van der Waals surface area contributed by atoms with Gasteiger partial charge in [-0.15, -0.1) is 6.58 Å². The number of nitrogens with zero attached hydrogens (tertiary/aromatic N) is 2. The highest BCUT2D eigenvalue weighted by atomic mass is 16.5. The van der Waals surface area contributed by atoms with Crippen LogP contribution in [-0.2, 0) is 16.1 Å². The van der Waals surface area contributed by atoms with Crippen molar-refractivity contribution in [3.63, 3.8) is 0 Å². The minimum absolute atomic E-state index is 0.0149. The molecule has 0 bridgehead atoms. The van der Waals surface area contributed by atoms with E-state index in [9.17, 15) is 9.59 Å². The summed E-state index contributed by atoms with van der Waals surface area (Å²) >= 11 is 0. The quantitative estimate of drug-likeness (QED) is 0.508. The molecule has 1 aromatic heterocycles. The summed E-state index contributed by atoms with van der Waals surface area (Å²) in [5.74, 6) is 0.653. The number of amidine groups is 1. The molecule has 6 nitrogen and oxygen atoms in total. The maximum atomic E-state index is 13.1. The van der Waals surface area contributed by atoms with E-state index in [4.69, 9.17) is 14.1 Å². The first-order valence-electron chi connectivity index (χ1n) is 9.39. The number of hydrogen-bond donors (Lipinski definition) is 0. The van der Waals surface area contributed by atoms with Crippen molar-refractivity contribution in [1.29, 1.82) is 0 Å². The van der Waals surface area contributed by atoms with E-state index in [1.54, 1.807) is 25.3 Å². The number of furan rings is 1. The molecule has 1 atom stereocenters. The van der Waals surface area contributed by atoms with Gasteiger partial charge in [-0.05, 0) is 37.6 Å². The van der Waals surface area contributed by atoms with Gasteiger partial charge in [0.15, 0.2) is 5.78 Å². The van der Waals surface area contributed by atoms with Crippen LogP contribution in [0, 0.1) is 5.92 Å². The summed E-state index contributed by atoms with van der Waals surface area (Å²) in [5.41, 5.74) is 1.25. The second-order valence-corrected chi connectivity index (χ2v) is 6.48. The van der Waals surface area contributed by atoms with E-state index in [1.807, 2.05) is 35.2 Å². The number of fused-ring (bicyclic) bond motifs is 1. The van der Waals surface area contributed by atoms with Crippen LogP contribution in [0.15, 0.2) is 64.7 Å². The topological polar surface area (TPSA) is 72.1 Å². The number of carbonyl (C=O) groups is 2. The SMILES string of the molecule is C=CCC1C(=O)c2ccccc2N=C1N(CCC(=O)OCC)Cc1ccco1. The Labute approximate surface area is 164 Å². The second kappa shape index (κ2) is 9.17. The molecule has 0 spiro atoms. The molecule has 1 aromatic carbocycles. The number of hydrogen-bond acceptors (Lipinski definition) is 6. The standard InChI is InChI=1S/C22H24N2O4/c1-3-8-18-21(26)17-10-5-6-11-19(17)23-22(18)24(13-12-20(25)27-4-2)15-16-9-7-14-28-16/h3,5-7,9-11,14,18H,1,4,8,12-13,15H2,2H3. The molecule has 1 aliphatic rings. The Morgan fingerprint density at radius 3 is 2.86 bits per heavy atom. The number of ether oxygens (including phenoxy) is 1. The summed E-state index contributed by atoms with van der Waals surface area (Å²) in [4.78, 5) is 31.7. The van der Waals surface area contributed by atoms with Crippen LogP contribution in [-0.4, -0.2) is 35.6 Å². The van der Waals surface area contributed by atoms with E-state index < -0.39 is 5.92 Å². The first kappa shape index (κ1) is 19.6. The molecule has 146 valence electrons. The largest absolute Gasteiger partial charge is 0.467 e. The van der Waals surface area contributed by atoms with Gasteiger partial charge in [-0.1, -0.05) is 18.2 Å². The molecule has 2 aromatic rings. The average molecular weight is 380 g/mol. The minimum atomic E-state index is -0.440. The molecule has 1 unspecified atom stereocenters. The summed E-state index contributed by atoms with van der Waals surface area (Å²) in [6.07, 6.45) is 4.00. The van der Waals surface area contributed by atoms with E-state index in [-0.39, 0.29) is 18.2 Å². The van der Waals surface area contributed by atoms with Crippen molar-refractivity contribution >= 4 is 23.3 Å². The summed E-state index contributed by atoms with van der Waals surface area (Å²) in [5, 5.41) is 0. The second-order valence-electron chi connectivity index (χ2n) is 6.48. The third-order valence-corrected chi connectivity index (χ3v) is 4.58. The van der Waals surface area contributed by atoms with Crippen molar-refractivity contribution in [3.8, 4) is 0 Å². The van der Waals surface area contributed by atoms with Crippen LogP contribution < -0.4 is 0 Å². The molecule has 2 heterocycles. The lowest BCUT2D eigenvalue weighted by Crippen LogP contribution is -2.41. The van der Waals surface area contributed by atoms with Crippen LogP contribution in [0.1, 0.15) is 35.9 Å². The zero-order valence-electron chi connectivity index (χ0n) is 16.0. The Morgan fingerprint density at radius 1 is 1.32 bits per heavy atom. The number of Topliss-reactive ketones (excluding diaryl/α,β-unsaturated/α-hetero) is 1. The molecule has 1 aliphatic heterocycles. The monoisotopic (exact) mass is 380 g/mol. The number of benzene rings is 1. The van der Waals surface area contributed by atoms with Crippen LogP contribution >= 0.6 is 0 Å². The van der Waals surface area contributed by atoms with E-state index in [1.165, 1.54) is 0 Å². The van der Waals surface area contributed by atoms with Crippen LogP contribution in [0.5, 0.6) is 0 Å². The molecular formula is C22H24N2O4. The number of carbonyl (C=O) groups excluding carboxylic acids is 2. The molecular weight excluding hydrogens is 356 g/mol. The van der Waals surface area contributed by atoms with Gasteiger partial charge in [0.1, 0.15) is 11.6 Å². The van der Waals surface area contributed by atoms with Crippen molar-refractivity contribution < 1.29 is 18.7 Å². The number of aliphatic imine (C=N–C) groups is 1. The van der Waals surface area contributed by atoms with Crippen molar-refractivity contribution in [2.75, 3.05) is 13.2 Å². The number of rotatable bonds is 8. The molecule has 28 heavy (non-hydrogen) atoms. The van der Waals surface area contributed by atoms with Crippen molar-refractivity contribution in [2.45, 2.75) is 26.3 Å². The average Bonchev–Trinajstić information content (AvgIpc) is 3.21. The van der Waals surface area contributed by atoms with Gasteiger partial charge in [-0.2, -0.15) is 0 Å². The minimum Gasteiger partial charge on any atom is -0.467 e. The summed E-state index contributed by atoms with van der Waals surface area (Å²) in [6.45, 7) is 6.70. The Kier molecular flexibility index (Phi) is 6.42. The molecule has 6 heteroatoms. The Morgan fingerprint density at radius 2 is 2.14 bits per heavy atom. The zero-order valence-corrected chi connectivity index (χ0v) is 16.0. The molecule has 0 fully saturated rings. The molecule has 0 aliphatic carbocycles. The predicted molar refractivity (Wildman–Crippen MR) is 107 cm³/mol. The third-order valence-electron chi connectivity index (χ3n) is 4.58. The number of para-hydroxylation sites is 1. The maximum Gasteiger partial charge on any atom is 0.307 e. The van der Waals surface area contributed by atoms with Crippen molar-refractivity contribution in [1.82, 2.24) is 4.90 Å². The van der Waals surface area contributed by atoms with E-state index in [0.29, 0.717) is 43.2 Å². The smallest absolute Gasteiger partial charge is 0.307 e. The van der Waals surface area contributed by atoms with Gasteiger partial charge in [0.05, 0.1) is 37.4 Å². The Hall–Kier alpha value is -3.15. The predicted octanol–water partition coefficient (Wildman–Crippen LogP) is 4.15. The molecule has 0 N–H and O–H groups in total. The van der Waals surface area contributed by atoms with E-state index in [0.717, 1.165) is 5.76 Å². The van der Waals surface area contributed by atoms with Gasteiger partial charge in [0.25, 0.3) is 0 Å². The Bertz CT molecular complexity index is 870. The number of allylic oxidation sites excluding steroid dienone is 1. The van der Waals surface area contributed by atoms with Gasteiger partial charge in [-0.25, -0.2) is 4.99 Å². The van der Waals surface area contributed by atoms with Crippen molar-refractivity contribution in [3.05, 3.63) is 66.6 Å². The lowest BCUT2D eigenvalue weighted by Gasteiger charge is -2.32. The van der Waals surface area contributed by atoms with Crippen LogP contribution in [0.2, 0.25) is 0 Å². The maximum absolute atomic E-state index is 13.1. The Balaban J connectivity index is 1.94. The van der Waals surface area contributed by atoms with E-state index >= 15 is 0 Å². The molecule has 3 rings (SSSR count). The van der Waals surface area contributed by atoms with Gasteiger partial charge in [0.2, 0.25) is 0 Å². The van der Waals surface area contributed by atoms with Gasteiger partial charge < -0.3 is 14.1 Å². The summed E-state index contributed by atoms with van der Waals surface area (Å²) in [6, 6.07) is 11.0. The van der Waals surface area contributed by atoms with Gasteiger partial charge in [0, 0.05) is 12.1 Å². The van der Waals surface area contributed by atoms with E-state index in [2.05, 4.69) is 6.58 Å². The van der Waals surface area contributed by atoms with Gasteiger partial charge >= 0.3 is 5.97 Å². The number of esters is 1. The lowest BCUT2D eigenvalue weighted by molar-refractivity contribution is -0.143. The van der Waals surface area contributed by atoms with Crippen molar-refractivity contribution in [2.24, 2.45) is 10.9 Å². The molecule has 0 saturated heterocycles. The number of ketones is 1. The molecule has 0 radical (unpaired) electrons. The highest BCUT2D eigenvalue weighted by molar-refractivity contribution is 6.17. The fraction of sp³-hybridized carbons (Fsp3) is 0.318. The zero-order chi connectivity index (χ0) is 19.9. The van der Waals surface area contributed by atoms with Crippen LogP contribution in [0.3, 0.4) is 0 Å². The molecule has 0 saturated carbocycles. The molecule has 0 amide bonds. The highest BCUT2D eigenvalue weighted by Gasteiger charge is 2.34. The lowest BCUT2D eigenvalue weighted by atomic mass is 9.89. The fourth-order valence-corrected chi connectivity index (χ4v) is 3.28. The van der Waals surface area contributed by atoms with Gasteiger partial charge in [-0.3, -0.25) is 9.59 Å². The summed E-state index contributed by atoms with van der Waals surface area (Å²) in [7, 11) is 0.